The van der Waals surface area contributed by atoms with Crippen LogP contribution in [0.2, 0.25) is 0 Å². The Morgan fingerprint density at radius 1 is 1.26 bits per heavy atom. The number of hydrogen-bond acceptors (Lipinski definition) is 8. The molecule has 10 heteroatoms. The highest BCUT2D eigenvalue weighted by atomic mass is 32.1. The van der Waals surface area contributed by atoms with E-state index in [2.05, 4.69) is 25.7 Å². The number of benzene rings is 1. The number of aryl methyl sites for hydroxylation is 1. The van der Waals surface area contributed by atoms with Gasteiger partial charge in [-0.3, -0.25) is 19.8 Å². The van der Waals surface area contributed by atoms with Gasteiger partial charge in [-0.1, -0.05) is 5.16 Å². The van der Waals surface area contributed by atoms with Gasteiger partial charge in [0.2, 0.25) is 5.91 Å². The Labute approximate surface area is 183 Å². The Hall–Kier alpha value is -3.24. The second kappa shape index (κ2) is 9.27. The van der Waals surface area contributed by atoms with Gasteiger partial charge in [-0.15, -0.1) is 11.3 Å². The summed E-state index contributed by atoms with van der Waals surface area (Å²) in [6.07, 6.45) is 0.723. The summed E-state index contributed by atoms with van der Waals surface area (Å²) in [6, 6.07) is 8.89. The number of hydrogen-bond donors (Lipinski definition) is 2. The van der Waals surface area contributed by atoms with Crippen molar-refractivity contribution in [3.05, 3.63) is 52.4 Å². The Kier molecular flexibility index (Phi) is 6.28. The number of rotatable bonds is 7. The fourth-order valence-electron chi connectivity index (χ4n) is 3.28. The van der Waals surface area contributed by atoms with Crippen LogP contribution in [0.4, 0.5) is 10.8 Å². The van der Waals surface area contributed by atoms with Crippen LogP contribution in [-0.4, -0.2) is 46.6 Å². The molecule has 0 aliphatic carbocycles. The Balaban J connectivity index is 1.31. The van der Waals surface area contributed by atoms with Crippen molar-refractivity contribution in [2.75, 3.05) is 30.3 Å². The quantitative estimate of drug-likeness (QED) is 0.580. The number of aromatic nitrogens is 2. The van der Waals surface area contributed by atoms with Crippen LogP contribution in [0, 0.1) is 6.92 Å². The molecule has 1 aromatic carbocycles. The maximum absolute atomic E-state index is 12.4. The van der Waals surface area contributed by atoms with Gasteiger partial charge in [-0.2, -0.15) is 0 Å². The summed E-state index contributed by atoms with van der Waals surface area (Å²) in [5.74, 6) is 0.917. The van der Waals surface area contributed by atoms with Crippen LogP contribution in [-0.2, 0) is 17.8 Å². The number of amides is 2. The highest BCUT2D eigenvalue weighted by Crippen LogP contribution is 2.28. The molecule has 0 unspecified atom stereocenters. The maximum Gasteiger partial charge on any atom is 0.279 e. The second-order valence-corrected chi connectivity index (χ2v) is 8.22. The van der Waals surface area contributed by atoms with E-state index in [4.69, 9.17) is 9.26 Å². The lowest BCUT2D eigenvalue weighted by atomic mass is 10.2. The predicted octanol–water partition coefficient (Wildman–Crippen LogP) is 3.09. The minimum Gasteiger partial charge on any atom is -0.494 e. The van der Waals surface area contributed by atoms with Crippen LogP contribution in [0.5, 0.6) is 5.75 Å². The molecule has 0 saturated carbocycles. The summed E-state index contributed by atoms with van der Waals surface area (Å²) in [6.45, 7) is 5.88. The summed E-state index contributed by atoms with van der Waals surface area (Å²) in [5.41, 5.74) is 1.91. The van der Waals surface area contributed by atoms with Crippen molar-refractivity contribution in [3.8, 4) is 5.75 Å². The van der Waals surface area contributed by atoms with Crippen molar-refractivity contribution >= 4 is 34.0 Å². The molecule has 0 atom stereocenters. The van der Waals surface area contributed by atoms with Gasteiger partial charge in [0.1, 0.15) is 11.5 Å². The number of nitrogens with zero attached hydrogens (tertiary/aromatic N) is 3. The van der Waals surface area contributed by atoms with Gasteiger partial charge in [-0.25, -0.2) is 4.98 Å². The van der Waals surface area contributed by atoms with Gasteiger partial charge in [-0.05, 0) is 38.1 Å². The van der Waals surface area contributed by atoms with Gasteiger partial charge >= 0.3 is 0 Å². The molecule has 162 valence electrons. The normalized spacial score (nSPS) is 13.5. The number of ether oxygens (including phenoxy) is 1. The van der Waals surface area contributed by atoms with E-state index in [0.29, 0.717) is 24.0 Å². The molecule has 2 amide bonds. The number of nitrogens with one attached hydrogen (secondary N) is 2. The predicted molar refractivity (Wildman–Crippen MR) is 117 cm³/mol. The van der Waals surface area contributed by atoms with E-state index in [1.54, 1.807) is 13.0 Å². The topological polar surface area (TPSA) is 110 Å². The van der Waals surface area contributed by atoms with Gasteiger partial charge in [0, 0.05) is 36.1 Å². The molecule has 1 aliphatic rings. The van der Waals surface area contributed by atoms with Crippen LogP contribution in [0.25, 0.3) is 0 Å². The number of anilines is 2. The second-order valence-electron chi connectivity index (χ2n) is 7.13. The summed E-state index contributed by atoms with van der Waals surface area (Å²) < 4.78 is 10.3. The highest BCUT2D eigenvalue weighted by molar-refractivity contribution is 7.15. The lowest BCUT2D eigenvalue weighted by Gasteiger charge is -2.25. The first-order valence-corrected chi connectivity index (χ1v) is 10.8. The third-order valence-electron chi connectivity index (χ3n) is 4.71. The molecule has 4 rings (SSSR count). The lowest BCUT2D eigenvalue weighted by molar-refractivity contribution is -0.117. The largest absolute Gasteiger partial charge is 0.494 e. The molecular formula is C21H23N5O4S. The Bertz CT molecular complexity index is 1080. The monoisotopic (exact) mass is 441 g/mol. The lowest BCUT2D eigenvalue weighted by Crippen LogP contribution is -2.36. The van der Waals surface area contributed by atoms with Crippen LogP contribution in [0.15, 0.2) is 34.9 Å². The van der Waals surface area contributed by atoms with Gasteiger partial charge < -0.3 is 14.6 Å². The summed E-state index contributed by atoms with van der Waals surface area (Å²) in [4.78, 5) is 32.3. The van der Waals surface area contributed by atoms with Gasteiger partial charge in [0.15, 0.2) is 10.8 Å². The van der Waals surface area contributed by atoms with E-state index >= 15 is 0 Å². The molecule has 0 saturated heterocycles. The van der Waals surface area contributed by atoms with Crippen molar-refractivity contribution in [1.29, 1.82) is 0 Å². The number of fused-ring (bicyclic) bond motifs is 1. The number of carbonyl (C=O) groups excluding carboxylic acids is 2. The standard InChI is InChI=1S/C21H23N5O4S/c1-3-29-15-6-4-14(5-7-15)22-19(27)12-26-9-8-16-18(11-26)31-21(23-16)24-20(28)17-10-13(2)30-25-17/h4-7,10H,3,8-9,11-12H2,1-2H3,(H,22,27)(H,23,24,28). The van der Waals surface area contributed by atoms with Crippen molar-refractivity contribution in [2.24, 2.45) is 0 Å². The molecule has 3 aromatic rings. The van der Waals surface area contributed by atoms with Crippen LogP contribution < -0.4 is 15.4 Å². The van der Waals surface area contributed by atoms with Crippen molar-refractivity contribution in [3.63, 3.8) is 0 Å². The number of carbonyl (C=O) groups is 2. The zero-order valence-corrected chi connectivity index (χ0v) is 18.1. The maximum atomic E-state index is 12.4. The van der Waals surface area contributed by atoms with E-state index in [1.165, 1.54) is 11.3 Å². The first-order valence-electron chi connectivity index (χ1n) is 9.98. The molecule has 0 spiro atoms. The minimum absolute atomic E-state index is 0.0768. The minimum atomic E-state index is -0.352. The average Bonchev–Trinajstić information content (AvgIpc) is 3.35. The molecule has 2 N–H and O–H groups in total. The third-order valence-corrected chi connectivity index (χ3v) is 5.71. The molecule has 3 heterocycles. The first kappa shape index (κ1) is 21.0. The third kappa shape index (κ3) is 5.28. The molecule has 0 bridgehead atoms. The van der Waals surface area contributed by atoms with E-state index < -0.39 is 0 Å². The smallest absolute Gasteiger partial charge is 0.279 e. The van der Waals surface area contributed by atoms with E-state index in [0.717, 1.165) is 35.0 Å². The number of thiazole rings is 1. The summed E-state index contributed by atoms with van der Waals surface area (Å²) >= 11 is 1.42. The zero-order valence-electron chi connectivity index (χ0n) is 17.3. The average molecular weight is 442 g/mol. The zero-order chi connectivity index (χ0) is 21.8. The Morgan fingerprint density at radius 2 is 2.06 bits per heavy atom. The van der Waals surface area contributed by atoms with Crippen LogP contribution in [0.1, 0.15) is 33.7 Å². The molecule has 0 radical (unpaired) electrons. The molecular weight excluding hydrogens is 418 g/mol. The summed E-state index contributed by atoms with van der Waals surface area (Å²) in [7, 11) is 0. The molecule has 2 aromatic heterocycles. The Morgan fingerprint density at radius 3 is 2.77 bits per heavy atom. The van der Waals surface area contributed by atoms with Crippen molar-refractivity contribution < 1.29 is 18.8 Å². The van der Waals surface area contributed by atoms with Crippen molar-refractivity contribution in [1.82, 2.24) is 15.0 Å². The van der Waals surface area contributed by atoms with E-state index in [9.17, 15) is 9.59 Å². The van der Waals surface area contributed by atoms with Gasteiger partial charge in [0.25, 0.3) is 5.91 Å². The van der Waals surface area contributed by atoms with Crippen LogP contribution in [0.3, 0.4) is 0 Å². The fraction of sp³-hybridized carbons (Fsp3) is 0.333. The van der Waals surface area contributed by atoms with Gasteiger partial charge in [0.05, 0.1) is 18.8 Å². The molecule has 9 nitrogen and oxygen atoms in total. The molecule has 0 fully saturated rings. The highest BCUT2D eigenvalue weighted by Gasteiger charge is 2.23. The van der Waals surface area contributed by atoms with Crippen LogP contribution >= 0.6 is 11.3 Å². The van der Waals surface area contributed by atoms with E-state index in [-0.39, 0.29) is 24.1 Å². The molecule has 1 aliphatic heterocycles. The first-order chi connectivity index (χ1) is 15.0. The summed E-state index contributed by atoms with van der Waals surface area (Å²) in [5, 5.41) is 9.92. The SMILES string of the molecule is CCOc1ccc(NC(=O)CN2CCc3nc(NC(=O)c4cc(C)on4)sc3C2)cc1. The van der Waals surface area contributed by atoms with E-state index in [1.807, 2.05) is 31.2 Å². The van der Waals surface area contributed by atoms with Crippen molar-refractivity contribution in [2.45, 2.75) is 26.8 Å². The molecule has 31 heavy (non-hydrogen) atoms. The fourth-order valence-corrected chi connectivity index (χ4v) is 4.32.